The predicted octanol–water partition coefficient (Wildman–Crippen LogP) is 4.10. The molecule has 3 rings (SSSR count). The number of amides is 1. The summed E-state index contributed by atoms with van der Waals surface area (Å²) in [5, 5.41) is 7.18. The van der Waals surface area contributed by atoms with Gasteiger partial charge in [0.25, 0.3) is 5.91 Å². The van der Waals surface area contributed by atoms with E-state index in [2.05, 4.69) is 15.8 Å². The second-order valence-electron chi connectivity index (χ2n) is 5.65. The van der Waals surface area contributed by atoms with Crippen LogP contribution in [0.4, 0.5) is 15.8 Å². The quantitative estimate of drug-likeness (QED) is 0.491. The largest absolute Gasteiger partial charge is 0.484 e. The molecule has 0 aliphatic heterocycles. The van der Waals surface area contributed by atoms with E-state index in [4.69, 9.17) is 4.74 Å². The Balaban J connectivity index is 1.44. The van der Waals surface area contributed by atoms with Gasteiger partial charge < -0.3 is 10.1 Å². The monoisotopic (exact) mass is 363 g/mol. The second kappa shape index (κ2) is 9.15. The van der Waals surface area contributed by atoms with Crippen LogP contribution in [0.3, 0.4) is 0 Å². The molecule has 0 aliphatic carbocycles. The van der Waals surface area contributed by atoms with Crippen LogP contribution in [0.5, 0.6) is 5.75 Å². The van der Waals surface area contributed by atoms with Gasteiger partial charge in [-0.3, -0.25) is 4.79 Å². The Bertz CT molecular complexity index is 895. The number of hydrazone groups is 1. The fraction of sp³-hybridized carbons (Fsp3) is 0.0476. The third-order valence-corrected chi connectivity index (χ3v) is 3.56. The third kappa shape index (κ3) is 5.97. The molecule has 0 saturated carbocycles. The van der Waals surface area contributed by atoms with Gasteiger partial charge >= 0.3 is 0 Å². The summed E-state index contributed by atoms with van der Waals surface area (Å²) >= 11 is 0. The van der Waals surface area contributed by atoms with Gasteiger partial charge in [-0.05, 0) is 54.1 Å². The number of halogens is 1. The molecule has 5 nitrogen and oxygen atoms in total. The van der Waals surface area contributed by atoms with E-state index in [0.29, 0.717) is 5.75 Å². The van der Waals surface area contributed by atoms with Crippen molar-refractivity contribution in [3.8, 4) is 5.75 Å². The molecule has 3 aromatic carbocycles. The molecule has 3 aromatic rings. The van der Waals surface area contributed by atoms with Gasteiger partial charge in [0.05, 0.1) is 6.21 Å². The number of ether oxygens (including phenoxy) is 1. The zero-order valence-electron chi connectivity index (χ0n) is 14.4. The molecular formula is C21H18FN3O2. The number of nitrogens with one attached hydrogen (secondary N) is 2. The van der Waals surface area contributed by atoms with Crippen LogP contribution in [0.1, 0.15) is 5.56 Å². The van der Waals surface area contributed by atoms with E-state index in [1.54, 1.807) is 6.21 Å². The van der Waals surface area contributed by atoms with E-state index in [9.17, 15) is 9.18 Å². The lowest BCUT2D eigenvalue weighted by Gasteiger charge is -2.06. The van der Waals surface area contributed by atoms with Gasteiger partial charge in [-0.1, -0.05) is 30.3 Å². The summed E-state index contributed by atoms with van der Waals surface area (Å²) < 4.78 is 18.0. The Morgan fingerprint density at radius 1 is 0.926 bits per heavy atom. The summed E-state index contributed by atoms with van der Waals surface area (Å²) in [6.07, 6.45) is 1.54. The van der Waals surface area contributed by atoms with Crippen molar-refractivity contribution in [3.63, 3.8) is 0 Å². The van der Waals surface area contributed by atoms with Crippen LogP contribution < -0.4 is 15.5 Å². The molecule has 1 amide bonds. The molecule has 0 aromatic heterocycles. The summed E-state index contributed by atoms with van der Waals surface area (Å²) in [5.41, 5.74) is 5.18. The van der Waals surface area contributed by atoms with E-state index < -0.39 is 5.91 Å². The van der Waals surface area contributed by atoms with Gasteiger partial charge in [0, 0.05) is 11.4 Å². The zero-order valence-corrected chi connectivity index (χ0v) is 14.4. The van der Waals surface area contributed by atoms with E-state index in [-0.39, 0.29) is 12.4 Å². The lowest BCUT2D eigenvalue weighted by Crippen LogP contribution is -2.24. The van der Waals surface area contributed by atoms with Crippen LogP contribution in [0, 0.1) is 5.82 Å². The number of para-hydroxylation sites is 1. The molecule has 136 valence electrons. The number of carbonyl (C=O) groups is 1. The highest BCUT2D eigenvalue weighted by molar-refractivity contribution is 5.83. The summed E-state index contributed by atoms with van der Waals surface area (Å²) in [4.78, 5) is 11.7. The second-order valence-corrected chi connectivity index (χ2v) is 5.65. The first-order valence-corrected chi connectivity index (χ1v) is 8.31. The molecular weight excluding hydrogens is 345 g/mol. The average Bonchev–Trinajstić information content (AvgIpc) is 2.70. The van der Waals surface area contributed by atoms with Gasteiger partial charge in [0.2, 0.25) is 0 Å². The maximum Gasteiger partial charge on any atom is 0.277 e. The maximum absolute atomic E-state index is 12.8. The van der Waals surface area contributed by atoms with Gasteiger partial charge in [0.1, 0.15) is 11.6 Å². The van der Waals surface area contributed by atoms with Crippen LogP contribution in [-0.4, -0.2) is 18.7 Å². The molecule has 0 saturated heterocycles. The average molecular weight is 363 g/mol. The number of hydrogen-bond acceptors (Lipinski definition) is 4. The minimum absolute atomic E-state index is 0.205. The Hall–Kier alpha value is -3.67. The van der Waals surface area contributed by atoms with Crippen molar-refractivity contribution in [2.24, 2.45) is 5.10 Å². The summed E-state index contributed by atoms with van der Waals surface area (Å²) in [5.74, 6) is -0.351. The van der Waals surface area contributed by atoms with Crippen molar-refractivity contribution in [2.45, 2.75) is 0 Å². The molecule has 0 heterocycles. The number of benzene rings is 3. The molecule has 0 aliphatic rings. The highest BCUT2D eigenvalue weighted by Gasteiger charge is 2.01. The Morgan fingerprint density at radius 2 is 1.59 bits per heavy atom. The smallest absolute Gasteiger partial charge is 0.277 e. The molecule has 6 heteroatoms. The minimum atomic E-state index is -0.405. The zero-order chi connectivity index (χ0) is 18.9. The predicted molar refractivity (Wildman–Crippen MR) is 104 cm³/mol. The minimum Gasteiger partial charge on any atom is -0.484 e. The summed E-state index contributed by atoms with van der Waals surface area (Å²) in [6.45, 7) is -0.205. The lowest BCUT2D eigenvalue weighted by molar-refractivity contribution is -0.123. The lowest BCUT2D eigenvalue weighted by atomic mass is 10.2. The van der Waals surface area contributed by atoms with Crippen LogP contribution in [0.15, 0.2) is 84.0 Å². The van der Waals surface area contributed by atoms with Gasteiger partial charge in [-0.25, -0.2) is 9.82 Å². The molecule has 0 bridgehead atoms. The molecule has 0 unspecified atom stereocenters. The van der Waals surface area contributed by atoms with E-state index in [1.165, 1.54) is 24.3 Å². The fourth-order valence-electron chi connectivity index (χ4n) is 2.23. The van der Waals surface area contributed by atoms with Crippen LogP contribution in [-0.2, 0) is 4.79 Å². The molecule has 0 atom stereocenters. The van der Waals surface area contributed by atoms with Crippen molar-refractivity contribution in [1.29, 1.82) is 0 Å². The van der Waals surface area contributed by atoms with Crippen molar-refractivity contribution in [2.75, 3.05) is 11.9 Å². The maximum atomic E-state index is 12.8. The Morgan fingerprint density at radius 3 is 2.30 bits per heavy atom. The van der Waals surface area contributed by atoms with E-state index >= 15 is 0 Å². The standard InChI is InChI=1S/C21H18FN3O2/c22-17-8-12-20(13-9-17)27-15-21(26)25-23-14-16-6-10-19(11-7-16)24-18-4-2-1-3-5-18/h1-14,24H,15H2,(H,25,26)/b23-14-. The number of nitrogens with zero attached hydrogens (tertiary/aromatic N) is 1. The van der Waals surface area contributed by atoms with E-state index in [1.807, 2.05) is 54.6 Å². The number of carbonyl (C=O) groups excluding carboxylic acids is 1. The van der Waals surface area contributed by atoms with Gasteiger partial charge in [-0.15, -0.1) is 0 Å². The van der Waals surface area contributed by atoms with Gasteiger partial charge in [0.15, 0.2) is 6.61 Å². The summed E-state index contributed by atoms with van der Waals surface area (Å²) in [7, 11) is 0. The number of anilines is 2. The van der Waals surface area contributed by atoms with Crippen molar-refractivity contribution >= 4 is 23.5 Å². The molecule has 27 heavy (non-hydrogen) atoms. The van der Waals surface area contributed by atoms with E-state index in [0.717, 1.165) is 16.9 Å². The summed E-state index contributed by atoms with van der Waals surface area (Å²) in [6, 6.07) is 22.9. The highest BCUT2D eigenvalue weighted by atomic mass is 19.1. The topological polar surface area (TPSA) is 62.7 Å². The first-order chi connectivity index (χ1) is 13.2. The highest BCUT2D eigenvalue weighted by Crippen LogP contribution is 2.16. The SMILES string of the molecule is O=C(COc1ccc(F)cc1)N/N=C\c1ccc(Nc2ccccc2)cc1. The van der Waals surface area contributed by atoms with Crippen LogP contribution in [0.25, 0.3) is 0 Å². The molecule has 0 radical (unpaired) electrons. The molecule has 2 N–H and O–H groups in total. The third-order valence-electron chi connectivity index (χ3n) is 3.56. The number of rotatable bonds is 7. The first-order valence-electron chi connectivity index (χ1n) is 8.31. The Kier molecular flexibility index (Phi) is 6.14. The Labute approximate surface area is 156 Å². The molecule has 0 fully saturated rings. The van der Waals surface area contributed by atoms with Crippen LogP contribution in [0.2, 0.25) is 0 Å². The van der Waals surface area contributed by atoms with Gasteiger partial charge in [-0.2, -0.15) is 5.10 Å². The number of hydrogen-bond donors (Lipinski definition) is 2. The van der Waals surface area contributed by atoms with Crippen LogP contribution >= 0.6 is 0 Å². The molecule has 0 spiro atoms. The van der Waals surface area contributed by atoms with Crippen molar-refractivity contribution in [1.82, 2.24) is 5.43 Å². The normalized spacial score (nSPS) is 10.6. The first kappa shape index (κ1) is 18.1. The van der Waals surface area contributed by atoms with Crippen molar-refractivity contribution < 1.29 is 13.9 Å². The fourth-order valence-corrected chi connectivity index (χ4v) is 2.23. The van der Waals surface area contributed by atoms with Crippen molar-refractivity contribution in [3.05, 3.63) is 90.2 Å².